The average molecular weight is 277 g/mol. The Labute approximate surface area is 108 Å². The van der Waals surface area contributed by atoms with E-state index in [0.717, 1.165) is 4.90 Å². The number of nitrogens with zero attached hydrogens (tertiary/aromatic N) is 2. The average Bonchev–Trinajstić information content (AvgIpc) is 2.25. The number of nitro groups is 1. The number of nitro benzene ring substituents is 1. The van der Waals surface area contributed by atoms with Gasteiger partial charge in [0.05, 0.1) is 11.5 Å². The van der Waals surface area contributed by atoms with Crippen LogP contribution in [-0.4, -0.2) is 36.6 Å². The van der Waals surface area contributed by atoms with Crippen molar-refractivity contribution in [1.29, 1.82) is 0 Å². The Morgan fingerprint density at radius 1 is 1.42 bits per heavy atom. The molecule has 0 aromatic heterocycles. The smallest absolute Gasteiger partial charge is 0.382 e. The minimum atomic E-state index is -4.30. The van der Waals surface area contributed by atoms with Crippen LogP contribution in [0.5, 0.6) is 0 Å². The molecule has 0 saturated heterocycles. The van der Waals surface area contributed by atoms with Crippen molar-refractivity contribution in [2.24, 2.45) is 0 Å². The minimum absolute atomic E-state index is 0.0304. The standard InChI is InChI=1S/C11H14F3N3O2/c1-15-10-8(4-3-5-9(10)17(18)19)6-16(2)7-11(12,13)14/h3-5,15H,6-7H2,1-2H3. The van der Waals surface area contributed by atoms with Gasteiger partial charge >= 0.3 is 6.18 Å². The number of para-hydroxylation sites is 1. The fraction of sp³-hybridized carbons (Fsp3) is 0.455. The topological polar surface area (TPSA) is 58.4 Å². The van der Waals surface area contributed by atoms with Gasteiger partial charge in [-0.15, -0.1) is 0 Å². The summed E-state index contributed by atoms with van der Waals surface area (Å²) in [5, 5.41) is 13.5. The maximum atomic E-state index is 12.2. The summed E-state index contributed by atoms with van der Waals surface area (Å²) in [6, 6.07) is 4.32. The normalized spacial score (nSPS) is 11.7. The molecule has 1 aromatic rings. The molecule has 0 fully saturated rings. The van der Waals surface area contributed by atoms with Crippen LogP contribution < -0.4 is 5.32 Å². The fourth-order valence-electron chi connectivity index (χ4n) is 1.81. The summed E-state index contributed by atoms with van der Waals surface area (Å²) < 4.78 is 36.7. The molecule has 5 nitrogen and oxygen atoms in total. The fourth-order valence-corrected chi connectivity index (χ4v) is 1.81. The van der Waals surface area contributed by atoms with Crippen LogP contribution in [0.25, 0.3) is 0 Å². The number of nitrogens with one attached hydrogen (secondary N) is 1. The van der Waals surface area contributed by atoms with Gasteiger partial charge < -0.3 is 5.32 Å². The van der Waals surface area contributed by atoms with Crippen molar-refractivity contribution >= 4 is 11.4 Å². The third kappa shape index (κ3) is 4.40. The van der Waals surface area contributed by atoms with Crippen LogP contribution in [0.15, 0.2) is 18.2 Å². The van der Waals surface area contributed by atoms with Crippen LogP contribution in [0.1, 0.15) is 5.56 Å². The molecule has 0 atom stereocenters. The van der Waals surface area contributed by atoms with Crippen LogP contribution in [0.4, 0.5) is 24.5 Å². The quantitative estimate of drug-likeness (QED) is 0.664. The number of rotatable bonds is 5. The molecule has 0 radical (unpaired) electrons. The first kappa shape index (κ1) is 15.2. The first-order valence-electron chi connectivity index (χ1n) is 5.44. The van der Waals surface area contributed by atoms with Gasteiger partial charge in [0.2, 0.25) is 0 Å². The lowest BCUT2D eigenvalue weighted by atomic mass is 10.1. The molecule has 8 heteroatoms. The van der Waals surface area contributed by atoms with E-state index in [0.29, 0.717) is 5.56 Å². The third-order valence-corrected chi connectivity index (χ3v) is 2.46. The molecule has 0 aliphatic heterocycles. The molecular formula is C11H14F3N3O2. The van der Waals surface area contributed by atoms with Crippen LogP contribution >= 0.6 is 0 Å². The zero-order valence-corrected chi connectivity index (χ0v) is 10.5. The second-order valence-corrected chi connectivity index (χ2v) is 4.11. The van der Waals surface area contributed by atoms with Crippen LogP contribution in [-0.2, 0) is 6.54 Å². The summed E-state index contributed by atoms with van der Waals surface area (Å²) in [4.78, 5) is 11.3. The number of benzene rings is 1. The Bertz CT molecular complexity index is 463. The number of anilines is 1. The van der Waals surface area contributed by atoms with Gasteiger partial charge in [-0.05, 0) is 12.6 Å². The molecule has 0 amide bonds. The summed E-state index contributed by atoms with van der Waals surface area (Å²) in [6.07, 6.45) is -4.30. The van der Waals surface area contributed by atoms with Gasteiger partial charge in [0.1, 0.15) is 5.69 Å². The number of hydrogen-bond donors (Lipinski definition) is 1. The van der Waals surface area contributed by atoms with Crippen molar-refractivity contribution < 1.29 is 18.1 Å². The van der Waals surface area contributed by atoms with Gasteiger partial charge in [-0.1, -0.05) is 12.1 Å². The van der Waals surface area contributed by atoms with E-state index in [9.17, 15) is 23.3 Å². The highest BCUT2D eigenvalue weighted by molar-refractivity contribution is 5.66. The highest BCUT2D eigenvalue weighted by Crippen LogP contribution is 2.29. The first-order valence-corrected chi connectivity index (χ1v) is 5.44. The lowest BCUT2D eigenvalue weighted by Crippen LogP contribution is -2.30. The van der Waals surface area contributed by atoms with Gasteiger partial charge in [0, 0.05) is 19.7 Å². The van der Waals surface area contributed by atoms with Gasteiger partial charge in [0.25, 0.3) is 5.69 Å². The second-order valence-electron chi connectivity index (χ2n) is 4.11. The summed E-state index contributed by atoms with van der Waals surface area (Å²) >= 11 is 0. The van der Waals surface area contributed by atoms with Crippen molar-refractivity contribution in [3.05, 3.63) is 33.9 Å². The van der Waals surface area contributed by atoms with E-state index < -0.39 is 17.6 Å². The van der Waals surface area contributed by atoms with Crippen LogP contribution in [0, 0.1) is 10.1 Å². The molecular weight excluding hydrogens is 263 g/mol. The molecule has 19 heavy (non-hydrogen) atoms. The van der Waals surface area contributed by atoms with Gasteiger partial charge in [-0.25, -0.2) is 0 Å². The van der Waals surface area contributed by atoms with Crippen molar-refractivity contribution in [3.8, 4) is 0 Å². The Morgan fingerprint density at radius 2 is 2.05 bits per heavy atom. The molecule has 0 heterocycles. The lowest BCUT2D eigenvalue weighted by molar-refractivity contribution is -0.384. The maximum absolute atomic E-state index is 12.2. The van der Waals surface area contributed by atoms with Crippen molar-refractivity contribution in [2.45, 2.75) is 12.7 Å². The minimum Gasteiger partial charge on any atom is -0.382 e. The molecule has 1 rings (SSSR count). The van der Waals surface area contributed by atoms with E-state index in [4.69, 9.17) is 0 Å². The van der Waals surface area contributed by atoms with E-state index >= 15 is 0 Å². The zero-order valence-electron chi connectivity index (χ0n) is 10.5. The van der Waals surface area contributed by atoms with Crippen LogP contribution in [0.2, 0.25) is 0 Å². The zero-order chi connectivity index (χ0) is 14.6. The largest absolute Gasteiger partial charge is 0.401 e. The highest BCUT2D eigenvalue weighted by atomic mass is 19.4. The Hall–Kier alpha value is -1.83. The Morgan fingerprint density at radius 3 is 2.53 bits per heavy atom. The molecule has 0 saturated carbocycles. The van der Waals surface area contributed by atoms with E-state index in [2.05, 4.69) is 5.32 Å². The van der Waals surface area contributed by atoms with Gasteiger partial charge in [0.15, 0.2) is 0 Å². The third-order valence-electron chi connectivity index (χ3n) is 2.46. The highest BCUT2D eigenvalue weighted by Gasteiger charge is 2.29. The molecule has 0 aliphatic rings. The maximum Gasteiger partial charge on any atom is 0.401 e. The molecule has 1 N–H and O–H groups in total. The monoisotopic (exact) mass is 277 g/mol. The number of halogens is 3. The lowest BCUT2D eigenvalue weighted by Gasteiger charge is -2.20. The van der Waals surface area contributed by atoms with Crippen molar-refractivity contribution in [1.82, 2.24) is 4.90 Å². The van der Waals surface area contributed by atoms with Gasteiger partial charge in [-0.3, -0.25) is 15.0 Å². The number of hydrogen-bond acceptors (Lipinski definition) is 4. The molecule has 0 bridgehead atoms. The summed E-state index contributed by atoms with van der Waals surface area (Å²) in [5.41, 5.74) is 0.533. The molecule has 0 aliphatic carbocycles. The molecule has 0 unspecified atom stereocenters. The van der Waals surface area contributed by atoms with E-state index in [1.807, 2.05) is 0 Å². The summed E-state index contributed by atoms with van der Waals surface area (Å²) in [5.74, 6) is 0. The van der Waals surface area contributed by atoms with Crippen molar-refractivity contribution in [3.63, 3.8) is 0 Å². The molecule has 0 spiro atoms. The first-order chi connectivity index (χ1) is 8.74. The van der Waals surface area contributed by atoms with E-state index in [1.54, 1.807) is 6.07 Å². The summed E-state index contributed by atoms with van der Waals surface area (Å²) in [6.45, 7) is -1.10. The summed E-state index contributed by atoms with van der Waals surface area (Å²) in [7, 11) is 2.81. The second kappa shape index (κ2) is 5.87. The Balaban J connectivity index is 2.95. The van der Waals surface area contributed by atoms with Gasteiger partial charge in [-0.2, -0.15) is 13.2 Å². The Kier molecular flexibility index (Phi) is 4.71. The predicted octanol–water partition coefficient (Wildman–Crippen LogP) is 2.63. The molecule has 1 aromatic carbocycles. The van der Waals surface area contributed by atoms with E-state index in [-0.39, 0.29) is 17.9 Å². The predicted molar refractivity (Wildman–Crippen MR) is 65.0 cm³/mol. The van der Waals surface area contributed by atoms with Crippen LogP contribution in [0.3, 0.4) is 0 Å². The number of alkyl halides is 3. The van der Waals surface area contributed by atoms with E-state index in [1.165, 1.54) is 26.2 Å². The SMILES string of the molecule is CNc1c(CN(C)CC(F)(F)F)cccc1[N+](=O)[O-]. The molecule has 106 valence electrons. The van der Waals surface area contributed by atoms with Crippen molar-refractivity contribution in [2.75, 3.05) is 26.0 Å².